The molecule has 0 aliphatic carbocycles. The molecule has 0 N–H and O–H groups in total. The van der Waals surface area contributed by atoms with E-state index in [0.717, 1.165) is 41.3 Å². The highest BCUT2D eigenvalue weighted by atomic mass is 16.5. The number of para-hydroxylation sites is 1. The zero-order valence-electron chi connectivity index (χ0n) is 20.8. The molecule has 5 aromatic rings. The first-order chi connectivity index (χ1) is 18.0. The van der Waals surface area contributed by atoms with Crippen molar-refractivity contribution in [1.29, 1.82) is 0 Å². The summed E-state index contributed by atoms with van der Waals surface area (Å²) in [7, 11) is 1.68. The van der Waals surface area contributed by atoms with E-state index < -0.39 is 0 Å². The second-order valence-electron chi connectivity index (χ2n) is 9.37. The second-order valence-corrected chi connectivity index (χ2v) is 9.37. The van der Waals surface area contributed by atoms with Gasteiger partial charge in [-0.2, -0.15) is 4.98 Å². The number of rotatable bonds is 5. The van der Waals surface area contributed by atoms with Crippen LogP contribution in [0, 0.1) is 6.92 Å². The number of aryl methyl sites for hydroxylation is 3. The van der Waals surface area contributed by atoms with E-state index in [-0.39, 0.29) is 17.8 Å². The molecular weight excluding hydrogens is 466 g/mol. The van der Waals surface area contributed by atoms with Crippen LogP contribution in [0.25, 0.3) is 11.2 Å². The number of fused-ring (bicyclic) bond motifs is 3. The van der Waals surface area contributed by atoms with Crippen LogP contribution in [0.3, 0.4) is 0 Å². The summed E-state index contributed by atoms with van der Waals surface area (Å²) in [5.74, 6) is 2.18. The molecule has 2 aromatic heterocycles. The molecule has 0 atom stereocenters. The van der Waals surface area contributed by atoms with Gasteiger partial charge in [0.1, 0.15) is 11.5 Å². The molecule has 0 saturated heterocycles. The topological polar surface area (TPSA) is 74.3 Å². The van der Waals surface area contributed by atoms with Crippen LogP contribution in [0.5, 0.6) is 11.5 Å². The summed E-state index contributed by atoms with van der Waals surface area (Å²) in [5.41, 5.74) is 3.15. The third-order valence-corrected chi connectivity index (χ3v) is 6.81. The van der Waals surface area contributed by atoms with Gasteiger partial charge in [0.15, 0.2) is 11.2 Å². The Bertz CT molecular complexity index is 1700. The van der Waals surface area contributed by atoms with Gasteiger partial charge in [0.05, 0.1) is 6.54 Å². The molecule has 0 bridgehead atoms. The first-order valence-corrected chi connectivity index (χ1v) is 12.4. The number of ether oxygens (including phenoxy) is 1. The zero-order chi connectivity index (χ0) is 25.5. The van der Waals surface area contributed by atoms with Crippen LogP contribution in [0.1, 0.15) is 17.5 Å². The van der Waals surface area contributed by atoms with Crippen molar-refractivity contribution >= 4 is 22.8 Å². The van der Waals surface area contributed by atoms with Crippen LogP contribution in [0.15, 0.2) is 88.5 Å². The predicted molar refractivity (Wildman–Crippen MR) is 144 cm³/mol. The van der Waals surface area contributed by atoms with Crippen molar-refractivity contribution < 1.29 is 4.74 Å². The predicted octanol–water partition coefficient (Wildman–Crippen LogP) is 4.59. The van der Waals surface area contributed by atoms with Gasteiger partial charge in [-0.25, -0.2) is 4.79 Å². The largest absolute Gasteiger partial charge is 0.457 e. The maximum absolute atomic E-state index is 13.6. The second kappa shape index (κ2) is 9.13. The minimum atomic E-state index is -0.373. The van der Waals surface area contributed by atoms with Crippen LogP contribution >= 0.6 is 0 Å². The highest BCUT2D eigenvalue weighted by Crippen LogP contribution is 2.32. The van der Waals surface area contributed by atoms with Gasteiger partial charge in [-0.1, -0.05) is 48.0 Å². The Labute approximate surface area is 213 Å². The highest BCUT2D eigenvalue weighted by molar-refractivity contribution is 5.77. The summed E-state index contributed by atoms with van der Waals surface area (Å²) in [4.78, 5) is 33.7. The molecule has 0 fully saturated rings. The first-order valence-electron chi connectivity index (χ1n) is 12.4. The van der Waals surface area contributed by atoms with E-state index in [4.69, 9.17) is 9.72 Å². The Morgan fingerprint density at radius 3 is 2.30 bits per heavy atom. The third-order valence-electron chi connectivity index (χ3n) is 6.81. The zero-order valence-corrected chi connectivity index (χ0v) is 20.8. The van der Waals surface area contributed by atoms with E-state index in [2.05, 4.69) is 4.90 Å². The Hall–Kier alpha value is -4.59. The summed E-state index contributed by atoms with van der Waals surface area (Å²) in [6.45, 7) is 3.65. The molecule has 3 aromatic carbocycles. The maximum atomic E-state index is 13.6. The molecule has 1 aliphatic rings. The SMILES string of the molecule is Cc1ccc(Cn2c(=O)c3c(nc4n3CCCN4c3ccc(Oc4ccccc4)cc3)n(C)c2=O)cc1. The van der Waals surface area contributed by atoms with E-state index in [1.165, 1.54) is 9.13 Å². The molecular formula is C29H27N5O3. The molecule has 6 rings (SSSR count). The molecule has 37 heavy (non-hydrogen) atoms. The van der Waals surface area contributed by atoms with Crippen molar-refractivity contribution in [2.45, 2.75) is 26.4 Å². The van der Waals surface area contributed by atoms with Gasteiger partial charge >= 0.3 is 5.69 Å². The van der Waals surface area contributed by atoms with Gasteiger partial charge in [0, 0.05) is 25.8 Å². The standard InChI is InChI=1S/C29H27N5O3/c1-20-9-11-21(12-10-20)19-34-27(35)25-26(31(2)29(34)36)30-28-32(17-6-18-33(25)28)22-13-15-24(16-14-22)37-23-7-4-3-5-8-23/h3-5,7-16H,6,17-19H2,1-2H3. The quantitative estimate of drug-likeness (QED) is 0.358. The fraction of sp³-hybridized carbons (Fsp3) is 0.207. The lowest BCUT2D eigenvalue weighted by Crippen LogP contribution is -2.40. The molecule has 0 spiro atoms. The van der Waals surface area contributed by atoms with E-state index in [1.807, 2.05) is 90.4 Å². The van der Waals surface area contributed by atoms with Gasteiger partial charge in [-0.3, -0.25) is 13.9 Å². The Morgan fingerprint density at radius 2 is 1.57 bits per heavy atom. The summed E-state index contributed by atoms with van der Waals surface area (Å²) >= 11 is 0. The van der Waals surface area contributed by atoms with Crippen molar-refractivity contribution in [2.24, 2.45) is 7.05 Å². The normalized spacial score (nSPS) is 13.1. The molecule has 0 amide bonds. The lowest BCUT2D eigenvalue weighted by atomic mass is 10.1. The van der Waals surface area contributed by atoms with Crippen molar-refractivity contribution in [2.75, 3.05) is 11.4 Å². The average molecular weight is 494 g/mol. The van der Waals surface area contributed by atoms with Gasteiger partial charge in [-0.15, -0.1) is 0 Å². The van der Waals surface area contributed by atoms with E-state index in [9.17, 15) is 9.59 Å². The molecule has 8 heteroatoms. The highest BCUT2D eigenvalue weighted by Gasteiger charge is 2.27. The minimum Gasteiger partial charge on any atom is -0.457 e. The van der Waals surface area contributed by atoms with Crippen LogP contribution in [-0.2, 0) is 20.1 Å². The summed E-state index contributed by atoms with van der Waals surface area (Å²) < 4.78 is 10.7. The van der Waals surface area contributed by atoms with Crippen LogP contribution < -0.4 is 20.9 Å². The number of aromatic nitrogens is 4. The Morgan fingerprint density at radius 1 is 0.865 bits per heavy atom. The number of anilines is 2. The smallest absolute Gasteiger partial charge is 0.332 e. The molecule has 0 radical (unpaired) electrons. The van der Waals surface area contributed by atoms with Crippen molar-refractivity contribution in [3.05, 3.63) is 111 Å². The number of nitrogens with zero attached hydrogens (tertiary/aromatic N) is 5. The van der Waals surface area contributed by atoms with Crippen molar-refractivity contribution in [3.63, 3.8) is 0 Å². The molecule has 1 aliphatic heterocycles. The Balaban J connectivity index is 1.38. The summed E-state index contributed by atoms with van der Waals surface area (Å²) in [6, 6.07) is 25.3. The average Bonchev–Trinajstić information content (AvgIpc) is 3.32. The number of imidazole rings is 1. The van der Waals surface area contributed by atoms with E-state index >= 15 is 0 Å². The lowest BCUT2D eigenvalue weighted by Gasteiger charge is -2.29. The van der Waals surface area contributed by atoms with Gasteiger partial charge in [0.2, 0.25) is 5.95 Å². The lowest BCUT2D eigenvalue weighted by molar-refractivity contribution is 0.482. The van der Waals surface area contributed by atoms with Gasteiger partial charge in [0.25, 0.3) is 5.56 Å². The molecule has 0 saturated carbocycles. The third kappa shape index (κ3) is 4.10. The summed E-state index contributed by atoms with van der Waals surface area (Å²) in [6.07, 6.45) is 0.848. The number of hydrogen-bond donors (Lipinski definition) is 0. The molecule has 0 unspecified atom stereocenters. The maximum Gasteiger partial charge on any atom is 0.332 e. The molecule has 8 nitrogen and oxygen atoms in total. The Kier molecular flexibility index (Phi) is 5.64. The summed E-state index contributed by atoms with van der Waals surface area (Å²) in [5, 5.41) is 0. The van der Waals surface area contributed by atoms with Crippen molar-refractivity contribution in [1.82, 2.24) is 18.7 Å². The number of hydrogen-bond acceptors (Lipinski definition) is 5. The van der Waals surface area contributed by atoms with E-state index in [1.54, 1.807) is 7.05 Å². The fourth-order valence-corrected chi connectivity index (χ4v) is 4.84. The molecule has 186 valence electrons. The van der Waals surface area contributed by atoms with E-state index in [0.29, 0.717) is 23.7 Å². The monoisotopic (exact) mass is 493 g/mol. The molecule has 3 heterocycles. The number of benzene rings is 3. The first kappa shape index (κ1) is 22.8. The van der Waals surface area contributed by atoms with Gasteiger partial charge in [-0.05, 0) is 55.3 Å². The van der Waals surface area contributed by atoms with Gasteiger partial charge < -0.3 is 14.2 Å². The van der Waals surface area contributed by atoms with Crippen LogP contribution in [0.4, 0.5) is 11.6 Å². The fourth-order valence-electron chi connectivity index (χ4n) is 4.84. The van der Waals surface area contributed by atoms with Crippen LogP contribution in [0.2, 0.25) is 0 Å². The minimum absolute atomic E-state index is 0.217. The van der Waals surface area contributed by atoms with Crippen molar-refractivity contribution in [3.8, 4) is 11.5 Å². The van der Waals surface area contributed by atoms with Crippen LogP contribution in [-0.4, -0.2) is 25.2 Å².